The summed E-state index contributed by atoms with van der Waals surface area (Å²) in [6.07, 6.45) is 1.71. The number of rotatable bonds is 10. The largest absolute Gasteiger partial charge is 0.497 e. The Morgan fingerprint density at radius 3 is 2.60 bits per heavy atom. The van der Waals surface area contributed by atoms with E-state index in [1.54, 1.807) is 12.5 Å². The molecule has 0 bridgehead atoms. The van der Waals surface area contributed by atoms with E-state index in [1.807, 2.05) is 38.1 Å². The highest BCUT2D eigenvalue weighted by Gasteiger charge is 2.23. The zero-order valence-corrected chi connectivity index (χ0v) is 21.4. The fourth-order valence-corrected chi connectivity index (χ4v) is 5.78. The van der Waals surface area contributed by atoms with Crippen LogP contribution < -0.4 is 10.1 Å². The summed E-state index contributed by atoms with van der Waals surface area (Å²) in [5, 5.41) is 5.88. The van der Waals surface area contributed by atoms with E-state index in [4.69, 9.17) is 9.15 Å². The van der Waals surface area contributed by atoms with Crippen molar-refractivity contribution < 1.29 is 22.4 Å². The van der Waals surface area contributed by atoms with E-state index in [0.717, 1.165) is 24.0 Å². The molecule has 1 amide bonds. The van der Waals surface area contributed by atoms with Crippen LogP contribution in [0.3, 0.4) is 0 Å². The molecule has 0 radical (unpaired) electrons. The second-order valence-electron chi connectivity index (χ2n) is 7.88. The Labute approximate surface area is 208 Å². The molecule has 0 unspecified atom stereocenters. The maximum atomic E-state index is 12.9. The maximum absolute atomic E-state index is 12.9. The number of amides is 1. The number of ether oxygens (including phenoxy) is 1. The maximum Gasteiger partial charge on any atom is 0.257 e. The van der Waals surface area contributed by atoms with Crippen molar-refractivity contribution in [2.24, 2.45) is 0 Å². The van der Waals surface area contributed by atoms with E-state index in [1.165, 1.54) is 39.9 Å². The number of thiazole rings is 1. The van der Waals surface area contributed by atoms with Crippen LogP contribution in [0.1, 0.15) is 37.0 Å². The van der Waals surface area contributed by atoms with Crippen LogP contribution in [0.15, 0.2) is 63.2 Å². The first kappa shape index (κ1) is 24.9. The topological polar surface area (TPSA) is 102 Å². The number of anilines is 1. The van der Waals surface area contributed by atoms with Crippen LogP contribution in [-0.2, 0) is 10.0 Å². The monoisotopic (exact) mass is 513 g/mol. The molecule has 4 aromatic rings. The van der Waals surface area contributed by atoms with Gasteiger partial charge in [-0.3, -0.25) is 10.1 Å². The second-order valence-corrected chi connectivity index (χ2v) is 10.7. The Morgan fingerprint density at radius 2 is 1.91 bits per heavy atom. The van der Waals surface area contributed by atoms with Gasteiger partial charge >= 0.3 is 0 Å². The van der Waals surface area contributed by atoms with Crippen LogP contribution in [0, 0.1) is 0 Å². The summed E-state index contributed by atoms with van der Waals surface area (Å²) < 4.78 is 38.3. The van der Waals surface area contributed by atoms with Crippen molar-refractivity contribution in [3.05, 3.63) is 59.5 Å². The van der Waals surface area contributed by atoms with Crippen molar-refractivity contribution in [1.29, 1.82) is 0 Å². The highest BCUT2D eigenvalue weighted by atomic mass is 32.2. The number of sulfonamides is 1. The number of methoxy groups -OCH3 is 1. The van der Waals surface area contributed by atoms with Crippen molar-refractivity contribution in [3.8, 4) is 17.2 Å². The summed E-state index contributed by atoms with van der Waals surface area (Å²) in [5.41, 5.74) is 1.66. The van der Waals surface area contributed by atoms with Gasteiger partial charge in [0.1, 0.15) is 17.0 Å². The van der Waals surface area contributed by atoms with E-state index >= 15 is 0 Å². The van der Waals surface area contributed by atoms with E-state index < -0.39 is 10.0 Å². The average molecular weight is 514 g/mol. The molecule has 0 spiro atoms. The number of carbonyl (C=O) groups excluding carboxylic acids is 1. The van der Waals surface area contributed by atoms with Crippen LogP contribution in [0.2, 0.25) is 0 Å². The number of aromatic nitrogens is 1. The summed E-state index contributed by atoms with van der Waals surface area (Å²) >= 11 is 1.28. The van der Waals surface area contributed by atoms with Gasteiger partial charge in [-0.2, -0.15) is 4.31 Å². The lowest BCUT2D eigenvalue weighted by molar-refractivity contribution is 0.102. The molecule has 2 aromatic heterocycles. The third-order valence-corrected chi connectivity index (χ3v) is 8.31. The molecule has 0 atom stereocenters. The van der Waals surface area contributed by atoms with Crippen LogP contribution >= 0.6 is 11.3 Å². The van der Waals surface area contributed by atoms with E-state index in [9.17, 15) is 13.2 Å². The van der Waals surface area contributed by atoms with Gasteiger partial charge in [-0.1, -0.05) is 20.3 Å². The summed E-state index contributed by atoms with van der Waals surface area (Å²) in [6, 6.07) is 13.4. The molecule has 2 heterocycles. The molecule has 184 valence electrons. The highest BCUT2D eigenvalue weighted by Crippen LogP contribution is 2.32. The fraction of sp³-hybridized carbons (Fsp3) is 0.280. The number of hydrogen-bond acceptors (Lipinski definition) is 7. The number of unbranched alkanes of at least 4 members (excludes halogenated alkanes) is 1. The van der Waals surface area contributed by atoms with Crippen LogP contribution in [0.25, 0.3) is 22.4 Å². The van der Waals surface area contributed by atoms with Crippen LogP contribution in [0.5, 0.6) is 5.75 Å². The van der Waals surface area contributed by atoms with Crippen molar-refractivity contribution >= 4 is 43.4 Å². The first-order valence-electron chi connectivity index (χ1n) is 11.3. The molecule has 0 aliphatic carbocycles. The number of benzene rings is 2. The first-order chi connectivity index (χ1) is 16.8. The summed E-state index contributed by atoms with van der Waals surface area (Å²) in [6.45, 7) is 4.71. The number of nitrogens with one attached hydrogen (secondary N) is 1. The summed E-state index contributed by atoms with van der Waals surface area (Å²) in [7, 11) is -1.99. The zero-order chi connectivity index (χ0) is 25.0. The first-order valence-corrected chi connectivity index (χ1v) is 13.6. The van der Waals surface area contributed by atoms with Crippen molar-refractivity contribution in [2.45, 2.75) is 31.6 Å². The van der Waals surface area contributed by atoms with E-state index in [2.05, 4.69) is 10.3 Å². The standard InChI is InChI=1S/C25H27N3O5S2/c1-4-6-13-28(5-2)35(30,31)20-10-7-17(8-11-20)24(29)27-25-26-21(16-34-25)23-15-18-14-19(32-3)9-12-22(18)33-23/h7-12,14-16H,4-6,13H2,1-3H3,(H,26,27,29). The fourth-order valence-electron chi connectivity index (χ4n) is 3.60. The number of carbonyl (C=O) groups is 1. The molecule has 0 fully saturated rings. The molecule has 0 aliphatic heterocycles. The molecular formula is C25H27N3O5S2. The SMILES string of the molecule is CCCCN(CC)S(=O)(=O)c1ccc(C(=O)Nc2nc(-c3cc4cc(OC)ccc4o3)cs2)cc1. The predicted molar refractivity (Wildman–Crippen MR) is 138 cm³/mol. The Morgan fingerprint density at radius 1 is 1.14 bits per heavy atom. The zero-order valence-electron chi connectivity index (χ0n) is 19.8. The van der Waals surface area contributed by atoms with Gasteiger partial charge in [0.25, 0.3) is 5.91 Å². The normalized spacial score (nSPS) is 11.8. The van der Waals surface area contributed by atoms with Crippen molar-refractivity contribution in [2.75, 3.05) is 25.5 Å². The second kappa shape index (κ2) is 10.6. The van der Waals surface area contributed by atoms with Crippen molar-refractivity contribution in [1.82, 2.24) is 9.29 Å². The smallest absolute Gasteiger partial charge is 0.257 e. The lowest BCUT2D eigenvalue weighted by Gasteiger charge is -2.20. The molecule has 1 N–H and O–H groups in total. The molecular weight excluding hydrogens is 486 g/mol. The predicted octanol–water partition coefficient (Wildman–Crippen LogP) is 5.63. The van der Waals surface area contributed by atoms with Gasteiger partial charge in [0.2, 0.25) is 10.0 Å². The number of nitrogens with zero attached hydrogens (tertiary/aromatic N) is 2. The van der Waals surface area contributed by atoms with Gasteiger partial charge in [-0.05, 0) is 55.0 Å². The van der Waals surface area contributed by atoms with Gasteiger partial charge in [-0.25, -0.2) is 13.4 Å². The lowest BCUT2D eigenvalue weighted by Crippen LogP contribution is -2.31. The third-order valence-electron chi connectivity index (χ3n) is 5.57. The lowest BCUT2D eigenvalue weighted by atomic mass is 10.2. The number of hydrogen-bond donors (Lipinski definition) is 1. The molecule has 0 saturated carbocycles. The molecule has 35 heavy (non-hydrogen) atoms. The van der Waals surface area contributed by atoms with Gasteiger partial charge in [0.15, 0.2) is 10.9 Å². The minimum absolute atomic E-state index is 0.171. The third kappa shape index (κ3) is 5.39. The summed E-state index contributed by atoms with van der Waals surface area (Å²) in [5.74, 6) is 0.948. The van der Waals surface area contributed by atoms with Gasteiger partial charge in [0, 0.05) is 29.4 Å². The highest BCUT2D eigenvalue weighted by molar-refractivity contribution is 7.89. The number of fused-ring (bicyclic) bond motifs is 1. The molecule has 2 aromatic carbocycles. The number of furan rings is 1. The van der Waals surface area contributed by atoms with Crippen LogP contribution in [-0.4, -0.2) is 43.8 Å². The quantitative estimate of drug-likeness (QED) is 0.295. The molecule has 8 nitrogen and oxygen atoms in total. The van der Waals surface area contributed by atoms with E-state index in [-0.39, 0.29) is 10.8 Å². The Hall–Kier alpha value is -3.21. The van der Waals surface area contributed by atoms with Crippen LogP contribution in [0.4, 0.5) is 5.13 Å². The molecule has 0 aliphatic rings. The minimum atomic E-state index is -3.59. The molecule has 10 heteroatoms. The van der Waals surface area contributed by atoms with Gasteiger partial charge in [-0.15, -0.1) is 11.3 Å². The summed E-state index contributed by atoms with van der Waals surface area (Å²) in [4.78, 5) is 17.4. The Balaban J connectivity index is 1.46. The van der Waals surface area contributed by atoms with Crippen molar-refractivity contribution in [3.63, 3.8) is 0 Å². The van der Waals surface area contributed by atoms with Gasteiger partial charge < -0.3 is 9.15 Å². The van der Waals surface area contributed by atoms with E-state index in [0.29, 0.717) is 40.8 Å². The van der Waals surface area contributed by atoms with Gasteiger partial charge in [0.05, 0.1) is 12.0 Å². The Bertz CT molecular complexity index is 1430. The average Bonchev–Trinajstić information content (AvgIpc) is 3.50. The minimum Gasteiger partial charge on any atom is -0.497 e. The molecule has 0 saturated heterocycles. The Kier molecular flexibility index (Phi) is 7.54. The molecule has 4 rings (SSSR count).